The summed E-state index contributed by atoms with van der Waals surface area (Å²) in [4.78, 5) is 27.4. The standard InChI is InChI=1S/C21H23NO2/c1-13-18(17-5-3-2-4-6-17)22(20(24)19(13)23)21-10-14-7-15(11-21)9-16(8-14)12-21/h2-6,14-16H,7-12H2,1H3. The fourth-order valence-electron chi connectivity index (χ4n) is 6.37. The quantitative estimate of drug-likeness (QED) is 0.777. The van der Waals surface area contributed by atoms with Gasteiger partial charge in [0.1, 0.15) is 0 Å². The normalized spacial score (nSPS) is 37.7. The fourth-order valence-corrected chi connectivity index (χ4v) is 6.37. The van der Waals surface area contributed by atoms with E-state index in [9.17, 15) is 9.59 Å². The minimum absolute atomic E-state index is 0.107. The largest absolute Gasteiger partial charge is 0.299 e. The summed E-state index contributed by atoms with van der Waals surface area (Å²) >= 11 is 0. The lowest BCUT2D eigenvalue weighted by Gasteiger charge is -2.60. The first kappa shape index (κ1) is 14.4. The number of amides is 1. The van der Waals surface area contributed by atoms with E-state index in [0.717, 1.165) is 48.3 Å². The van der Waals surface area contributed by atoms with Crippen molar-refractivity contribution in [2.24, 2.45) is 17.8 Å². The van der Waals surface area contributed by atoms with Crippen LogP contribution in [0.2, 0.25) is 0 Å². The Hall–Kier alpha value is -1.90. The van der Waals surface area contributed by atoms with Gasteiger partial charge in [0.05, 0.1) is 5.70 Å². The topological polar surface area (TPSA) is 37.4 Å². The summed E-state index contributed by atoms with van der Waals surface area (Å²) in [6.45, 7) is 1.82. The second-order valence-corrected chi connectivity index (χ2v) is 8.45. The molecule has 3 nitrogen and oxygen atoms in total. The molecule has 1 heterocycles. The van der Waals surface area contributed by atoms with Crippen LogP contribution in [0.5, 0.6) is 0 Å². The van der Waals surface area contributed by atoms with Crippen molar-refractivity contribution in [1.82, 2.24) is 4.90 Å². The van der Waals surface area contributed by atoms with E-state index in [1.54, 1.807) is 0 Å². The molecular formula is C21H23NO2. The van der Waals surface area contributed by atoms with Crippen LogP contribution < -0.4 is 0 Å². The lowest BCUT2D eigenvalue weighted by molar-refractivity contribution is -0.148. The molecule has 6 rings (SSSR count). The number of nitrogens with zero attached hydrogens (tertiary/aromatic N) is 1. The number of hydrogen-bond acceptors (Lipinski definition) is 2. The first-order valence-corrected chi connectivity index (χ1v) is 9.22. The van der Waals surface area contributed by atoms with E-state index in [-0.39, 0.29) is 17.2 Å². The summed E-state index contributed by atoms with van der Waals surface area (Å²) < 4.78 is 0. The first-order chi connectivity index (χ1) is 11.6. The third-order valence-corrected chi connectivity index (χ3v) is 6.84. The molecule has 1 aliphatic heterocycles. The van der Waals surface area contributed by atoms with Crippen LogP contribution in [0.15, 0.2) is 35.9 Å². The maximum atomic E-state index is 12.9. The van der Waals surface area contributed by atoms with E-state index in [2.05, 4.69) is 0 Å². The Morgan fingerprint density at radius 1 is 0.917 bits per heavy atom. The molecule has 24 heavy (non-hydrogen) atoms. The third-order valence-electron chi connectivity index (χ3n) is 6.84. The Morgan fingerprint density at radius 3 is 2.00 bits per heavy atom. The number of hydrogen-bond donors (Lipinski definition) is 0. The van der Waals surface area contributed by atoms with Gasteiger partial charge in [-0.05, 0) is 68.8 Å². The van der Waals surface area contributed by atoms with Crippen LogP contribution in [-0.4, -0.2) is 22.1 Å². The summed E-state index contributed by atoms with van der Waals surface area (Å²) in [5, 5.41) is 0. The first-order valence-electron chi connectivity index (χ1n) is 9.22. The molecule has 0 radical (unpaired) electrons. The van der Waals surface area contributed by atoms with Gasteiger partial charge in [-0.15, -0.1) is 0 Å². The number of ketones is 1. The molecular weight excluding hydrogens is 298 g/mol. The molecule has 0 atom stereocenters. The molecule has 0 aromatic heterocycles. The molecule has 3 heteroatoms. The molecule has 4 aliphatic carbocycles. The van der Waals surface area contributed by atoms with E-state index < -0.39 is 0 Å². The van der Waals surface area contributed by atoms with Crippen LogP contribution in [0, 0.1) is 17.8 Å². The third kappa shape index (κ3) is 1.84. The fraction of sp³-hybridized carbons (Fsp3) is 0.524. The maximum absolute atomic E-state index is 12.9. The number of Topliss-reactive ketones (excluding diaryl/α,β-unsaturated/α-hetero) is 1. The molecule has 5 aliphatic rings. The average molecular weight is 321 g/mol. The van der Waals surface area contributed by atoms with Crippen LogP contribution in [-0.2, 0) is 9.59 Å². The van der Waals surface area contributed by atoms with Crippen LogP contribution >= 0.6 is 0 Å². The molecule has 1 amide bonds. The predicted molar refractivity (Wildman–Crippen MR) is 91.8 cm³/mol. The van der Waals surface area contributed by atoms with Gasteiger partial charge in [-0.25, -0.2) is 0 Å². The van der Waals surface area contributed by atoms with Gasteiger partial charge in [0.25, 0.3) is 5.91 Å². The van der Waals surface area contributed by atoms with Crippen LogP contribution in [0.3, 0.4) is 0 Å². The summed E-state index contributed by atoms with van der Waals surface area (Å²) in [6, 6.07) is 10.0. The highest BCUT2D eigenvalue weighted by atomic mass is 16.2. The zero-order valence-corrected chi connectivity index (χ0v) is 14.1. The molecule has 124 valence electrons. The van der Waals surface area contributed by atoms with Crippen molar-refractivity contribution in [3.63, 3.8) is 0 Å². The van der Waals surface area contributed by atoms with Crippen molar-refractivity contribution in [2.45, 2.75) is 51.0 Å². The van der Waals surface area contributed by atoms with Crippen LogP contribution in [0.25, 0.3) is 5.70 Å². The van der Waals surface area contributed by atoms with E-state index in [4.69, 9.17) is 0 Å². The Morgan fingerprint density at radius 2 is 1.46 bits per heavy atom. The van der Waals surface area contributed by atoms with Gasteiger partial charge in [-0.3, -0.25) is 14.5 Å². The molecule has 4 bridgehead atoms. The Labute approximate surface area is 142 Å². The second-order valence-electron chi connectivity index (χ2n) is 8.45. The van der Waals surface area contributed by atoms with E-state index in [0.29, 0.717) is 5.57 Å². The summed E-state index contributed by atoms with van der Waals surface area (Å²) in [7, 11) is 0. The number of carbonyl (C=O) groups excluding carboxylic acids is 2. The SMILES string of the molecule is CC1=C(c2ccccc2)N(C23CC4CC(CC(C4)C2)C3)C(=O)C1=O. The van der Waals surface area contributed by atoms with Gasteiger partial charge in [-0.1, -0.05) is 30.3 Å². The molecule has 4 fully saturated rings. The van der Waals surface area contributed by atoms with Crippen molar-refractivity contribution in [1.29, 1.82) is 0 Å². The highest BCUT2D eigenvalue weighted by Gasteiger charge is 2.58. The monoisotopic (exact) mass is 321 g/mol. The van der Waals surface area contributed by atoms with Gasteiger partial charge >= 0.3 is 0 Å². The molecule has 0 saturated heterocycles. The van der Waals surface area contributed by atoms with E-state index >= 15 is 0 Å². The van der Waals surface area contributed by atoms with Gasteiger partial charge < -0.3 is 0 Å². The van der Waals surface area contributed by atoms with E-state index in [1.807, 2.05) is 42.2 Å². The number of carbonyl (C=O) groups is 2. The highest BCUT2D eigenvalue weighted by Crippen LogP contribution is 2.59. The second kappa shape index (κ2) is 4.81. The van der Waals surface area contributed by atoms with E-state index in [1.165, 1.54) is 19.3 Å². The molecule has 0 spiro atoms. The summed E-state index contributed by atoms with van der Waals surface area (Å²) in [5.74, 6) is 1.66. The van der Waals surface area contributed by atoms with Crippen molar-refractivity contribution in [3.05, 3.63) is 41.5 Å². The highest BCUT2D eigenvalue weighted by molar-refractivity contribution is 6.48. The van der Waals surface area contributed by atoms with Gasteiger partial charge in [0.15, 0.2) is 0 Å². The van der Waals surface area contributed by atoms with Crippen LogP contribution in [0.1, 0.15) is 51.0 Å². The summed E-state index contributed by atoms with van der Waals surface area (Å²) in [6.07, 6.45) is 7.25. The number of rotatable bonds is 2. The average Bonchev–Trinajstić information content (AvgIpc) is 2.79. The summed E-state index contributed by atoms with van der Waals surface area (Å²) in [5.41, 5.74) is 2.41. The maximum Gasteiger partial charge on any atom is 0.299 e. The molecule has 1 aromatic carbocycles. The van der Waals surface area contributed by atoms with Crippen LogP contribution in [0.4, 0.5) is 0 Å². The smallest absolute Gasteiger partial charge is 0.298 e. The van der Waals surface area contributed by atoms with Gasteiger partial charge in [0.2, 0.25) is 5.78 Å². The Kier molecular flexibility index (Phi) is 2.89. The van der Waals surface area contributed by atoms with Gasteiger partial charge in [0, 0.05) is 11.1 Å². The van der Waals surface area contributed by atoms with Crippen molar-refractivity contribution >= 4 is 17.4 Å². The van der Waals surface area contributed by atoms with Gasteiger partial charge in [-0.2, -0.15) is 0 Å². The molecule has 1 aromatic rings. The lowest BCUT2D eigenvalue weighted by Crippen LogP contribution is -2.60. The Balaban J connectivity index is 1.64. The van der Waals surface area contributed by atoms with Crippen molar-refractivity contribution in [2.75, 3.05) is 0 Å². The minimum Gasteiger partial charge on any atom is -0.298 e. The zero-order chi connectivity index (χ0) is 16.5. The zero-order valence-electron chi connectivity index (χ0n) is 14.1. The minimum atomic E-state index is -0.301. The van der Waals surface area contributed by atoms with Crippen molar-refractivity contribution < 1.29 is 9.59 Å². The molecule has 0 unspecified atom stereocenters. The van der Waals surface area contributed by atoms with Crippen molar-refractivity contribution in [3.8, 4) is 0 Å². The number of benzene rings is 1. The Bertz CT molecular complexity index is 726. The molecule has 0 N–H and O–H groups in total. The molecule has 4 saturated carbocycles. The predicted octanol–water partition coefficient (Wildman–Crippen LogP) is 3.80. The lowest BCUT2D eigenvalue weighted by atomic mass is 9.52.